The van der Waals surface area contributed by atoms with E-state index in [2.05, 4.69) is 16.0 Å². The van der Waals surface area contributed by atoms with Gasteiger partial charge in [-0.1, -0.05) is 35.9 Å². The number of rotatable bonds is 4. The van der Waals surface area contributed by atoms with Crippen molar-refractivity contribution in [3.05, 3.63) is 82.2 Å². The Bertz CT molecular complexity index is 1390. The minimum Gasteiger partial charge on any atom is -0.329 e. The number of hydrogen-bond donors (Lipinski definition) is 1. The average molecular weight is 465 g/mol. The molecule has 2 heterocycles. The van der Waals surface area contributed by atoms with Crippen molar-refractivity contribution >= 4 is 50.7 Å². The van der Waals surface area contributed by atoms with Crippen LogP contribution >= 0.6 is 11.6 Å². The maximum Gasteiger partial charge on any atom is 0.347 e. The van der Waals surface area contributed by atoms with Gasteiger partial charge >= 0.3 is 5.69 Å². The molecular formula is C24H21ClN4O2S. The molecule has 0 saturated carbocycles. The molecule has 1 N–H and O–H groups in total. The highest BCUT2D eigenvalue weighted by Crippen LogP contribution is 2.32. The van der Waals surface area contributed by atoms with Gasteiger partial charge < -0.3 is 9.88 Å². The highest BCUT2D eigenvalue weighted by Gasteiger charge is 2.20. The third-order valence-electron chi connectivity index (χ3n) is 5.64. The second kappa shape index (κ2) is 8.41. The van der Waals surface area contributed by atoms with Crippen LogP contribution < -0.4 is 14.9 Å². The minimum absolute atomic E-state index is 0.423. The molecule has 1 aromatic heterocycles. The summed E-state index contributed by atoms with van der Waals surface area (Å²) < 4.78 is 14.1. The lowest BCUT2D eigenvalue weighted by Gasteiger charge is -2.21. The van der Waals surface area contributed by atoms with E-state index in [9.17, 15) is 9.00 Å². The summed E-state index contributed by atoms with van der Waals surface area (Å²) in [5.74, 6) is 1.29. The number of fused-ring (bicyclic) bond motifs is 1. The van der Waals surface area contributed by atoms with Gasteiger partial charge in [-0.15, -0.1) is 0 Å². The fourth-order valence-corrected chi connectivity index (χ4v) is 5.46. The van der Waals surface area contributed by atoms with Crippen LogP contribution in [0.15, 0.2) is 71.5 Å². The second-order valence-electron chi connectivity index (χ2n) is 7.69. The molecule has 32 heavy (non-hydrogen) atoms. The molecule has 4 aromatic rings. The SMILES string of the molecule is CN(c1cccc(-c2ccc(N3CCCS3=O)cc2)c1)c1nc(=O)[nH]c2cc(Cl)ccc12. The Kier molecular flexibility index (Phi) is 5.45. The van der Waals surface area contributed by atoms with E-state index in [1.807, 2.05) is 64.8 Å². The molecule has 1 fully saturated rings. The first-order chi connectivity index (χ1) is 15.5. The Balaban J connectivity index is 1.49. The van der Waals surface area contributed by atoms with Crippen LogP contribution in [-0.4, -0.2) is 33.5 Å². The van der Waals surface area contributed by atoms with Crippen molar-refractivity contribution < 1.29 is 4.21 Å². The van der Waals surface area contributed by atoms with Gasteiger partial charge in [0.15, 0.2) is 0 Å². The molecular weight excluding hydrogens is 444 g/mol. The van der Waals surface area contributed by atoms with E-state index in [0.717, 1.165) is 46.6 Å². The molecule has 0 amide bonds. The summed E-state index contributed by atoms with van der Waals surface area (Å²) in [7, 11) is 0.964. The fourth-order valence-electron chi connectivity index (χ4n) is 4.00. The number of nitrogens with zero attached hydrogens (tertiary/aromatic N) is 3. The largest absolute Gasteiger partial charge is 0.347 e. The zero-order valence-corrected chi connectivity index (χ0v) is 19.0. The van der Waals surface area contributed by atoms with Gasteiger partial charge in [-0.2, -0.15) is 4.98 Å². The van der Waals surface area contributed by atoms with Crippen molar-refractivity contribution in [2.75, 3.05) is 28.6 Å². The van der Waals surface area contributed by atoms with Gasteiger partial charge in [-0.05, 0) is 60.0 Å². The highest BCUT2D eigenvalue weighted by atomic mass is 35.5. The number of aromatic nitrogens is 2. The molecule has 8 heteroatoms. The number of halogens is 1. The molecule has 3 aromatic carbocycles. The normalized spacial score (nSPS) is 15.9. The maximum absolute atomic E-state index is 12.1. The zero-order chi connectivity index (χ0) is 22.2. The number of H-pyrrole nitrogens is 1. The average Bonchev–Trinajstić information content (AvgIpc) is 3.23. The van der Waals surface area contributed by atoms with Crippen LogP contribution in [0, 0.1) is 0 Å². The van der Waals surface area contributed by atoms with Crippen LogP contribution in [0.1, 0.15) is 6.42 Å². The second-order valence-corrected chi connectivity index (χ2v) is 9.62. The first-order valence-corrected chi connectivity index (χ1v) is 11.9. The van der Waals surface area contributed by atoms with E-state index < -0.39 is 16.7 Å². The molecule has 1 saturated heterocycles. The third-order valence-corrected chi connectivity index (χ3v) is 7.40. The van der Waals surface area contributed by atoms with Crippen LogP contribution in [0.5, 0.6) is 0 Å². The van der Waals surface area contributed by atoms with Crippen LogP contribution in [0.25, 0.3) is 22.0 Å². The van der Waals surface area contributed by atoms with E-state index in [1.54, 1.807) is 12.1 Å². The number of aromatic amines is 1. The first kappa shape index (κ1) is 20.7. The van der Waals surface area contributed by atoms with Crippen molar-refractivity contribution in [1.29, 1.82) is 0 Å². The predicted octanol–water partition coefficient (Wildman–Crippen LogP) is 4.89. The molecule has 1 atom stereocenters. The first-order valence-electron chi connectivity index (χ1n) is 10.3. The van der Waals surface area contributed by atoms with Crippen LogP contribution in [-0.2, 0) is 11.0 Å². The standard InChI is InChI=1S/C24H21ClN4O2S/c1-28(23-21-11-8-18(25)15-22(21)26-24(30)27-23)20-5-2-4-17(14-20)16-6-9-19(10-7-16)29-12-3-13-32(29)31/h2,4-11,14-15H,3,12-13H2,1H3,(H,26,27,30). The van der Waals surface area contributed by atoms with Gasteiger partial charge in [0, 0.05) is 41.1 Å². The van der Waals surface area contributed by atoms with Gasteiger partial charge in [0.2, 0.25) is 0 Å². The Morgan fingerprint density at radius 1 is 1.06 bits per heavy atom. The van der Waals surface area contributed by atoms with Gasteiger partial charge in [-0.25, -0.2) is 9.00 Å². The molecule has 0 aliphatic carbocycles. The highest BCUT2D eigenvalue weighted by molar-refractivity contribution is 7.86. The lowest BCUT2D eigenvalue weighted by molar-refractivity contribution is 0.685. The third kappa shape index (κ3) is 3.89. The Morgan fingerprint density at radius 2 is 1.88 bits per heavy atom. The molecule has 1 aliphatic rings. The van der Waals surface area contributed by atoms with Gasteiger partial charge in [0.1, 0.15) is 16.8 Å². The summed E-state index contributed by atoms with van der Waals surface area (Å²) in [5, 5.41) is 1.36. The number of nitrogens with one attached hydrogen (secondary N) is 1. The lowest BCUT2D eigenvalue weighted by atomic mass is 10.0. The van der Waals surface area contributed by atoms with E-state index in [-0.39, 0.29) is 0 Å². The summed E-state index contributed by atoms with van der Waals surface area (Å²) in [4.78, 5) is 21.0. The van der Waals surface area contributed by atoms with E-state index in [1.165, 1.54) is 0 Å². The molecule has 0 radical (unpaired) electrons. The molecule has 1 unspecified atom stereocenters. The zero-order valence-electron chi connectivity index (χ0n) is 17.4. The summed E-state index contributed by atoms with van der Waals surface area (Å²) in [5.41, 5.74) is 4.21. The number of hydrogen-bond acceptors (Lipinski definition) is 4. The lowest BCUT2D eigenvalue weighted by Crippen LogP contribution is -2.19. The van der Waals surface area contributed by atoms with Crippen LogP contribution in [0.3, 0.4) is 0 Å². The minimum atomic E-state index is -0.926. The predicted molar refractivity (Wildman–Crippen MR) is 132 cm³/mol. The smallest absolute Gasteiger partial charge is 0.329 e. The van der Waals surface area contributed by atoms with Gasteiger partial charge in [-0.3, -0.25) is 4.31 Å². The maximum atomic E-state index is 12.1. The topological polar surface area (TPSA) is 69.3 Å². The Labute approximate surface area is 193 Å². The summed E-state index contributed by atoms with van der Waals surface area (Å²) >= 11 is 6.09. The van der Waals surface area contributed by atoms with Crippen molar-refractivity contribution in [2.24, 2.45) is 0 Å². The van der Waals surface area contributed by atoms with Crippen molar-refractivity contribution in [3.63, 3.8) is 0 Å². The van der Waals surface area contributed by atoms with E-state index in [0.29, 0.717) is 16.4 Å². The molecule has 6 nitrogen and oxygen atoms in total. The van der Waals surface area contributed by atoms with Crippen LogP contribution in [0.2, 0.25) is 5.02 Å². The Morgan fingerprint density at radius 3 is 2.62 bits per heavy atom. The fraction of sp³-hybridized carbons (Fsp3) is 0.167. The van der Waals surface area contributed by atoms with Crippen molar-refractivity contribution in [1.82, 2.24) is 9.97 Å². The molecule has 5 rings (SSSR count). The Hall–Kier alpha value is -3.16. The molecule has 0 spiro atoms. The summed E-state index contributed by atoms with van der Waals surface area (Å²) in [6, 6.07) is 21.6. The van der Waals surface area contributed by atoms with E-state index in [4.69, 9.17) is 11.6 Å². The van der Waals surface area contributed by atoms with Crippen molar-refractivity contribution in [2.45, 2.75) is 6.42 Å². The quantitative estimate of drug-likeness (QED) is 0.467. The monoisotopic (exact) mass is 464 g/mol. The van der Waals surface area contributed by atoms with Gasteiger partial charge in [0.25, 0.3) is 0 Å². The van der Waals surface area contributed by atoms with E-state index >= 15 is 0 Å². The molecule has 0 bridgehead atoms. The van der Waals surface area contributed by atoms with Crippen molar-refractivity contribution in [3.8, 4) is 11.1 Å². The van der Waals surface area contributed by atoms with Gasteiger partial charge in [0.05, 0.1) is 5.52 Å². The number of benzene rings is 3. The summed E-state index contributed by atoms with van der Waals surface area (Å²) in [6.45, 7) is 0.828. The summed E-state index contributed by atoms with van der Waals surface area (Å²) in [6.07, 6.45) is 0.958. The number of anilines is 3. The molecule has 1 aliphatic heterocycles. The molecule has 162 valence electrons. The van der Waals surface area contributed by atoms with Crippen LogP contribution in [0.4, 0.5) is 17.2 Å².